The Morgan fingerprint density at radius 1 is 1.25 bits per heavy atom. The van der Waals surface area contributed by atoms with Gasteiger partial charge in [0.15, 0.2) is 5.96 Å². The van der Waals surface area contributed by atoms with E-state index in [1.807, 2.05) is 0 Å². The Morgan fingerprint density at radius 2 is 2.00 bits per heavy atom. The van der Waals surface area contributed by atoms with Crippen molar-refractivity contribution in [2.45, 2.75) is 32.1 Å². The fourth-order valence-electron chi connectivity index (χ4n) is 2.92. The molecule has 1 fully saturated rings. The average molecular weight is 444 g/mol. The standard InChI is InChI=1S/C18H28N4O.HI/c1-3-11-20-17(23)9-12-21-18(19-2)22-13-10-16(14-22)15-7-5-4-6-8-15;/h4-8,16H,3,9-14H2,1-2H3,(H,19,21)(H,20,23);1H. The lowest BCUT2D eigenvalue weighted by atomic mass is 9.99. The molecule has 2 N–H and O–H groups in total. The third-order valence-corrected chi connectivity index (χ3v) is 4.18. The van der Waals surface area contributed by atoms with Crippen molar-refractivity contribution in [3.63, 3.8) is 0 Å². The lowest BCUT2D eigenvalue weighted by Gasteiger charge is -2.21. The van der Waals surface area contributed by atoms with Gasteiger partial charge in [0.05, 0.1) is 0 Å². The summed E-state index contributed by atoms with van der Waals surface area (Å²) in [5, 5.41) is 6.20. The van der Waals surface area contributed by atoms with E-state index in [4.69, 9.17) is 0 Å². The molecule has 1 aromatic rings. The minimum Gasteiger partial charge on any atom is -0.356 e. The van der Waals surface area contributed by atoms with Crippen LogP contribution in [0.1, 0.15) is 37.7 Å². The Kier molecular flexibility index (Phi) is 9.75. The number of hydrogen-bond donors (Lipinski definition) is 2. The van der Waals surface area contributed by atoms with Crippen molar-refractivity contribution in [2.24, 2.45) is 4.99 Å². The van der Waals surface area contributed by atoms with Crippen molar-refractivity contribution in [3.05, 3.63) is 35.9 Å². The van der Waals surface area contributed by atoms with Gasteiger partial charge >= 0.3 is 0 Å². The van der Waals surface area contributed by atoms with Gasteiger partial charge in [-0.1, -0.05) is 37.3 Å². The number of nitrogens with one attached hydrogen (secondary N) is 2. The number of carbonyl (C=O) groups is 1. The zero-order valence-corrected chi connectivity index (χ0v) is 17.0. The first-order valence-corrected chi connectivity index (χ1v) is 8.51. The highest BCUT2D eigenvalue weighted by molar-refractivity contribution is 14.0. The zero-order valence-electron chi connectivity index (χ0n) is 14.6. The van der Waals surface area contributed by atoms with E-state index in [2.05, 4.69) is 57.8 Å². The summed E-state index contributed by atoms with van der Waals surface area (Å²) in [6.07, 6.45) is 2.59. The average Bonchev–Trinajstić information content (AvgIpc) is 3.07. The van der Waals surface area contributed by atoms with Crippen molar-refractivity contribution in [1.29, 1.82) is 0 Å². The number of nitrogens with zero attached hydrogens (tertiary/aromatic N) is 2. The van der Waals surface area contributed by atoms with E-state index >= 15 is 0 Å². The monoisotopic (exact) mass is 444 g/mol. The zero-order chi connectivity index (χ0) is 16.5. The van der Waals surface area contributed by atoms with Crippen LogP contribution in [-0.2, 0) is 4.79 Å². The van der Waals surface area contributed by atoms with Gasteiger partial charge in [-0.15, -0.1) is 24.0 Å². The van der Waals surface area contributed by atoms with Crippen molar-refractivity contribution in [3.8, 4) is 0 Å². The highest BCUT2D eigenvalue weighted by Crippen LogP contribution is 2.26. The summed E-state index contributed by atoms with van der Waals surface area (Å²) >= 11 is 0. The largest absolute Gasteiger partial charge is 0.356 e. The van der Waals surface area contributed by atoms with E-state index in [9.17, 15) is 4.79 Å². The molecule has 0 spiro atoms. The minimum atomic E-state index is 0. The molecule has 1 unspecified atom stereocenters. The number of halogens is 1. The van der Waals surface area contributed by atoms with Crippen molar-refractivity contribution >= 4 is 35.8 Å². The first kappa shape index (κ1) is 20.7. The number of guanidine groups is 1. The maximum absolute atomic E-state index is 11.6. The van der Waals surface area contributed by atoms with Gasteiger partial charge in [0.25, 0.3) is 0 Å². The number of hydrogen-bond acceptors (Lipinski definition) is 2. The number of aliphatic imine (C=N–C) groups is 1. The Morgan fingerprint density at radius 3 is 2.67 bits per heavy atom. The fraction of sp³-hybridized carbons (Fsp3) is 0.556. The molecule has 0 saturated carbocycles. The molecule has 1 amide bonds. The van der Waals surface area contributed by atoms with Crippen LogP contribution in [0.5, 0.6) is 0 Å². The Bertz CT molecular complexity index is 521. The third kappa shape index (κ3) is 6.30. The van der Waals surface area contributed by atoms with Crippen LogP contribution in [0, 0.1) is 0 Å². The van der Waals surface area contributed by atoms with Crippen LogP contribution in [0.4, 0.5) is 0 Å². The third-order valence-electron chi connectivity index (χ3n) is 4.18. The number of carbonyl (C=O) groups excluding carboxylic acids is 1. The summed E-state index contributed by atoms with van der Waals surface area (Å²) in [5.41, 5.74) is 1.39. The van der Waals surface area contributed by atoms with E-state index < -0.39 is 0 Å². The highest BCUT2D eigenvalue weighted by Gasteiger charge is 2.25. The molecule has 6 heteroatoms. The van der Waals surface area contributed by atoms with Crippen LogP contribution in [0.3, 0.4) is 0 Å². The van der Waals surface area contributed by atoms with Crippen LogP contribution in [-0.4, -0.2) is 50.0 Å². The van der Waals surface area contributed by atoms with Gasteiger partial charge in [0.2, 0.25) is 5.91 Å². The fourth-order valence-corrected chi connectivity index (χ4v) is 2.92. The summed E-state index contributed by atoms with van der Waals surface area (Å²) < 4.78 is 0. The second kappa shape index (κ2) is 11.3. The molecule has 5 nitrogen and oxygen atoms in total. The molecule has 1 heterocycles. The topological polar surface area (TPSA) is 56.7 Å². The Balaban J connectivity index is 0.00000288. The van der Waals surface area contributed by atoms with Crippen molar-refractivity contribution < 1.29 is 4.79 Å². The SMILES string of the molecule is CCCNC(=O)CCNC(=NC)N1CCC(c2ccccc2)C1.I. The first-order chi connectivity index (χ1) is 11.2. The van der Waals surface area contributed by atoms with Crippen LogP contribution in [0.15, 0.2) is 35.3 Å². The van der Waals surface area contributed by atoms with Gasteiger partial charge in [-0.25, -0.2) is 0 Å². The summed E-state index contributed by atoms with van der Waals surface area (Å²) in [6, 6.07) is 10.6. The molecule has 0 aliphatic carbocycles. The summed E-state index contributed by atoms with van der Waals surface area (Å²) in [4.78, 5) is 18.3. The van der Waals surface area contributed by atoms with Gasteiger partial charge in [-0.3, -0.25) is 9.79 Å². The minimum absolute atomic E-state index is 0. The van der Waals surface area contributed by atoms with Crippen molar-refractivity contribution in [2.75, 3.05) is 33.2 Å². The summed E-state index contributed by atoms with van der Waals surface area (Å²) in [6.45, 7) is 5.40. The number of benzene rings is 1. The first-order valence-electron chi connectivity index (χ1n) is 8.51. The van der Waals surface area contributed by atoms with Gasteiger partial charge < -0.3 is 15.5 Å². The predicted octanol–water partition coefficient (Wildman–Crippen LogP) is 2.59. The summed E-state index contributed by atoms with van der Waals surface area (Å²) in [7, 11) is 1.80. The number of likely N-dealkylation sites (tertiary alicyclic amines) is 1. The van der Waals surface area contributed by atoms with E-state index in [-0.39, 0.29) is 29.9 Å². The highest BCUT2D eigenvalue weighted by atomic mass is 127. The lowest BCUT2D eigenvalue weighted by molar-refractivity contribution is -0.120. The Hall–Kier alpha value is -1.31. The van der Waals surface area contributed by atoms with Gasteiger partial charge in [-0.05, 0) is 18.4 Å². The molecule has 1 aliphatic rings. The molecule has 1 saturated heterocycles. The Labute approximate surface area is 162 Å². The molecule has 134 valence electrons. The molecule has 1 aliphatic heterocycles. The molecule has 0 bridgehead atoms. The second-order valence-corrected chi connectivity index (χ2v) is 5.92. The molecule has 0 aromatic heterocycles. The maximum atomic E-state index is 11.6. The lowest BCUT2D eigenvalue weighted by Crippen LogP contribution is -2.41. The molecular formula is C18H29IN4O. The molecule has 2 rings (SSSR count). The van der Waals surface area contributed by atoms with Gasteiger partial charge in [-0.2, -0.15) is 0 Å². The molecule has 0 radical (unpaired) electrons. The number of amides is 1. The maximum Gasteiger partial charge on any atom is 0.221 e. The normalized spacial score (nSPS) is 17.3. The van der Waals surface area contributed by atoms with E-state index in [1.54, 1.807) is 7.05 Å². The van der Waals surface area contributed by atoms with Crippen molar-refractivity contribution in [1.82, 2.24) is 15.5 Å². The van der Waals surface area contributed by atoms with E-state index in [1.165, 1.54) is 5.56 Å². The van der Waals surface area contributed by atoms with Crippen LogP contribution < -0.4 is 10.6 Å². The van der Waals surface area contributed by atoms with Crippen LogP contribution >= 0.6 is 24.0 Å². The van der Waals surface area contributed by atoms with Gasteiger partial charge in [0.1, 0.15) is 0 Å². The molecule has 24 heavy (non-hydrogen) atoms. The second-order valence-electron chi connectivity index (χ2n) is 5.92. The molecular weight excluding hydrogens is 415 g/mol. The van der Waals surface area contributed by atoms with E-state index in [0.29, 0.717) is 18.9 Å². The predicted molar refractivity (Wildman–Crippen MR) is 110 cm³/mol. The molecule has 1 aromatic carbocycles. The van der Waals surface area contributed by atoms with Crippen LogP contribution in [0.25, 0.3) is 0 Å². The smallest absolute Gasteiger partial charge is 0.221 e. The quantitative estimate of drug-likeness (QED) is 0.403. The summed E-state index contributed by atoms with van der Waals surface area (Å²) in [5.74, 6) is 1.55. The van der Waals surface area contributed by atoms with E-state index in [0.717, 1.165) is 38.4 Å². The van der Waals surface area contributed by atoms with Crippen LogP contribution in [0.2, 0.25) is 0 Å². The van der Waals surface area contributed by atoms with Gasteiger partial charge in [0, 0.05) is 45.6 Å². The number of rotatable bonds is 6. The molecule has 1 atom stereocenters.